The van der Waals surface area contributed by atoms with Crippen molar-refractivity contribution in [3.8, 4) is 21.8 Å². The lowest BCUT2D eigenvalue weighted by atomic mass is 10.2. The molecule has 7 nitrogen and oxygen atoms in total. The van der Waals surface area contributed by atoms with Crippen LogP contribution in [-0.4, -0.2) is 37.0 Å². The maximum Gasteiger partial charge on any atom is 0.242 e. The van der Waals surface area contributed by atoms with Crippen LogP contribution in [0.25, 0.3) is 21.8 Å². The van der Waals surface area contributed by atoms with Crippen molar-refractivity contribution in [2.45, 2.75) is 4.90 Å². The van der Waals surface area contributed by atoms with E-state index < -0.39 is 10.0 Å². The number of sulfonamides is 1. The van der Waals surface area contributed by atoms with Crippen molar-refractivity contribution in [3.05, 3.63) is 35.8 Å². The average molecular weight is 350 g/mol. The van der Waals surface area contributed by atoms with Crippen LogP contribution in [0.4, 0.5) is 5.88 Å². The predicted molar refractivity (Wildman–Crippen MR) is 88.3 cm³/mol. The lowest BCUT2D eigenvalue weighted by molar-refractivity contribution is 0.436. The molecule has 2 N–H and O–H groups in total. The number of aromatic nitrogens is 2. The molecule has 2 aromatic heterocycles. The molecule has 1 aromatic carbocycles. The Hall–Kier alpha value is -2.23. The summed E-state index contributed by atoms with van der Waals surface area (Å²) in [6, 6.07) is 6.59. The first-order valence-corrected chi connectivity index (χ1v) is 8.90. The molecule has 9 heteroatoms. The van der Waals surface area contributed by atoms with Gasteiger partial charge in [-0.05, 0) is 12.1 Å². The number of nitrogens with zero attached hydrogens (tertiary/aromatic N) is 3. The van der Waals surface area contributed by atoms with E-state index in [1.165, 1.54) is 35.9 Å². The Bertz CT molecular complexity index is 927. The Morgan fingerprint density at radius 1 is 1.22 bits per heavy atom. The van der Waals surface area contributed by atoms with Gasteiger partial charge in [0, 0.05) is 25.0 Å². The number of benzene rings is 1. The minimum Gasteiger partial charge on any atom is -0.367 e. The molecule has 0 bridgehead atoms. The van der Waals surface area contributed by atoms with Crippen molar-refractivity contribution >= 4 is 27.2 Å². The van der Waals surface area contributed by atoms with Crippen molar-refractivity contribution in [1.29, 1.82) is 0 Å². The summed E-state index contributed by atoms with van der Waals surface area (Å²) < 4.78 is 30.1. The van der Waals surface area contributed by atoms with Crippen LogP contribution in [0, 0.1) is 0 Å². The second-order valence-corrected chi connectivity index (χ2v) is 7.96. The molecule has 2 heterocycles. The van der Waals surface area contributed by atoms with E-state index in [-0.39, 0.29) is 10.8 Å². The van der Waals surface area contributed by atoms with E-state index in [0.29, 0.717) is 10.6 Å². The van der Waals surface area contributed by atoms with E-state index in [9.17, 15) is 8.42 Å². The normalized spacial score (nSPS) is 12.0. The summed E-state index contributed by atoms with van der Waals surface area (Å²) in [6.45, 7) is 0. The number of nitrogen functional groups attached to an aromatic ring is 1. The second kappa shape index (κ2) is 5.76. The maximum absolute atomic E-state index is 12.1. The van der Waals surface area contributed by atoms with E-state index in [2.05, 4.69) is 10.1 Å². The molecule has 0 saturated carbocycles. The topological polar surface area (TPSA) is 102 Å². The highest BCUT2D eigenvalue weighted by Gasteiger charge is 2.17. The molecule has 0 spiro atoms. The summed E-state index contributed by atoms with van der Waals surface area (Å²) >= 11 is 1.41. The Morgan fingerprint density at radius 2 is 1.91 bits per heavy atom. The zero-order chi connectivity index (χ0) is 16.6. The van der Waals surface area contributed by atoms with Gasteiger partial charge in [-0.15, -0.1) is 11.3 Å². The molecule has 0 saturated heterocycles. The molecule has 3 rings (SSSR count). The van der Waals surface area contributed by atoms with Crippen molar-refractivity contribution in [2.24, 2.45) is 0 Å². The molecule has 0 atom stereocenters. The first-order valence-electron chi connectivity index (χ1n) is 6.58. The zero-order valence-corrected chi connectivity index (χ0v) is 14.1. The fourth-order valence-corrected chi connectivity index (χ4v) is 3.69. The van der Waals surface area contributed by atoms with Crippen LogP contribution >= 0.6 is 11.3 Å². The SMILES string of the molecule is CN(C)S(=O)(=O)c1ccc(-c2csc(-c3cnoc3N)n2)cc1. The lowest BCUT2D eigenvalue weighted by Crippen LogP contribution is -2.22. The fraction of sp³-hybridized carbons (Fsp3) is 0.143. The molecule has 0 aliphatic heterocycles. The molecule has 3 aromatic rings. The van der Waals surface area contributed by atoms with Crippen LogP contribution in [0.15, 0.2) is 45.3 Å². The van der Waals surface area contributed by atoms with Gasteiger partial charge in [0.15, 0.2) is 0 Å². The first kappa shape index (κ1) is 15.7. The fourth-order valence-electron chi connectivity index (χ4n) is 1.95. The summed E-state index contributed by atoms with van der Waals surface area (Å²) in [4.78, 5) is 4.73. The van der Waals surface area contributed by atoms with Crippen molar-refractivity contribution < 1.29 is 12.9 Å². The third-order valence-corrected chi connectivity index (χ3v) is 5.97. The summed E-state index contributed by atoms with van der Waals surface area (Å²) in [5.41, 5.74) is 7.88. The number of rotatable bonds is 4. The van der Waals surface area contributed by atoms with Crippen LogP contribution < -0.4 is 5.73 Å². The number of hydrogen-bond donors (Lipinski definition) is 1. The van der Waals surface area contributed by atoms with Gasteiger partial charge in [-0.1, -0.05) is 17.3 Å². The number of hydrogen-bond acceptors (Lipinski definition) is 7. The van der Waals surface area contributed by atoms with Gasteiger partial charge in [0.05, 0.1) is 22.3 Å². The highest BCUT2D eigenvalue weighted by atomic mass is 32.2. The lowest BCUT2D eigenvalue weighted by Gasteiger charge is -2.11. The summed E-state index contributed by atoms with van der Waals surface area (Å²) in [6.07, 6.45) is 1.52. The van der Waals surface area contributed by atoms with Crippen molar-refractivity contribution in [1.82, 2.24) is 14.4 Å². The Kier molecular flexibility index (Phi) is 3.92. The smallest absolute Gasteiger partial charge is 0.242 e. The van der Waals surface area contributed by atoms with E-state index in [0.717, 1.165) is 11.3 Å². The molecule has 0 unspecified atom stereocenters. The van der Waals surface area contributed by atoms with E-state index >= 15 is 0 Å². The van der Waals surface area contributed by atoms with Crippen LogP contribution in [0.3, 0.4) is 0 Å². The monoisotopic (exact) mass is 350 g/mol. The van der Waals surface area contributed by atoms with E-state index in [1.807, 2.05) is 5.38 Å². The average Bonchev–Trinajstić information content (AvgIpc) is 3.15. The quantitative estimate of drug-likeness (QED) is 0.774. The predicted octanol–water partition coefficient (Wildman–Crippen LogP) is 2.30. The van der Waals surface area contributed by atoms with Gasteiger partial charge in [0.2, 0.25) is 15.9 Å². The Morgan fingerprint density at radius 3 is 2.48 bits per heavy atom. The summed E-state index contributed by atoms with van der Waals surface area (Å²) in [5, 5.41) is 6.20. The van der Waals surface area contributed by atoms with Gasteiger partial charge in [-0.2, -0.15) is 0 Å². The number of nitrogens with two attached hydrogens (primary N) is 1. The van der Waals surface area contributed by atoms with Crippen LogP contribution in [0.5, 0.6) is 0 Å². The van der Waals surface area contributed by atoms with E-state index in [1.54, 1.807) is 24.3 Å². The Balaban J connectivity index is 1.92. The molecule has 0 fully saturated rings. The van der Waals surface area contributed by atoms with Crippen LogP contribution in [-0.2, 0) is 10.0 Å². The minimum absolute atomic E-state index is 0.221. The van der Waals surface area contributed by atoms with Crippen molar-refractivity contribution in [2.75, 3.05) is 19.8 Å². The number of thiazole rings is 1. The number of anilines is 1. The van der Waals surface area contributed by atoms with Crippen LogP contribution in [0.1, 0.15) is 0 Å². The van der Waals surface area contributed by atoms with E-state index in [4.69, 9.17) is 10.3 Å². The molecule has 0 amide bonds. The summed E-state index contributed by atoms with van der Waals surface area (Å²) in [7, 11) is -0.435. The molecule has 120 valence electrons. The zero-order valence-electron chi connectivity index (χ0n) is 12.4. The standard InChI is InChI=1S/C14H14N4O3S2/c1-18(2)23(19,20)10-5-3-9(4-6-10)12-8-22-14(17-12)11-7-16-21-13(11)15/h3-8H,15H2,1-2H3. The van der Waals surface area contributed by atoms with Gasteiger partial charge in [-0.3, -0.25) is 0 Å². The molecule has 0 radical (unpaired) electrons. The third-order valence-electron chi connectivity index (χ3n) is 3.26. The van der Waals surface area contributed by atoms with Crippen LogP contribution in [0.2, 0.25) is 0 Å². The molecule has 0 aliphatic rings. The van der Waals surface area contributed by atoms with Crippen molar-refractivity contribution in [3.63, 3.8) is 0 Å². The molecular weight excluding hydrogens is 336 g/mol. The van der Waals surface area contributed by atoms with Gasteiger partial charge in [0.1, 0.15) is 5.01 Å². The maximum atomic E-state index is 12.1. The summed E-state index contributed by atoms with van der Waals surface area (Å²) in [5.74, 6) is 0.221. The highest BCUT2D eigenvalue weighted by molar-refractivity contribution is 7.89. The molecule has 23 heavy (non-hydrogen) atoms. The molecular formula is C14H14N4O3S2. The highest BCUT2D eigenvalue weighted by Crippen LogP contribution is 2.32. The largest absolute Gasteiger partial charge is 0.367 e. The van der Waals surface area contributed by atoms with Gasteiger partial charge in [0.25, 0.3) is 0 Å². The third kappa shape index (κ3) is 2.85. The minimum atomic E-state index is -3.43. The Labute approximate surface area is 137 Å². The first-order chi connectivity index (χ1) is 10.9. The molecule has 0 aliphatic carbocycles. The van der Waals surface area contributed by atoms with Gasteiger partial charge >= 0.3 is 0 Å². The van der Waals surface area contributed by atoms with Gasteiger partial charge < -0.3 is 10.3 Å². The second-order valence-electron chi connectivity index (χ2n) is 4.95. The van der Waals surface area contributed by atoms with Gasteiger partial charge in [-0.25, -0.2) is 17.7 Å².